The number of nitrogens with zero attached hydrogens (tertiary/aromatic N) is 1. The Labute approximate surface area is 116 Å². The Kier molecular flexibility index (Phi) is 3.52. The van der Waals surface area contributed by atoms with Gasteiger partial charge in [-0.1, -0.05) is 12.1 Å². The van der Waals surface area contributed by atoms with Crippen LogP contribution < -0.4 is 5.32 Å². The highest BCUT2D eigenvalue weighted by Gasteiger charge is 2.29. The summed E-state index contributed by atoms with van der Waals surface area (Å²) >= 11 is 0. The van der Waals surface area contributed by atoms with Crippen molar-refractivity contribution in [2.45, 2.75) is 6.04 Å². The van der Waals surface area contributed by atoms with Crippen molar-refractivity contribution in [3.63, 3.8) is 0 Å². The van der Waals surface area contributed by atoms with Gasteiger partial charge in [-0.05, 0) is 29.8 Å². The lowest BCUT2D eigenvalue weighted by Gasteiger charge is -2.36. The zero-order valence-corrected chi connectivity index (χ0v) is 10.9. The molecule has 0 aliphatic carbocycles. The Morgan fingerprint density at radius 2 is 2.25 bits per heavy atom. The fourth-order valence-corrected chi connectivity index (χ4v) is 2.50. The first kappa shape index (κ1) is 12.9. The summed E-state index contributed by atoms with van der Waals surface area (Å²) in [6, 6.07) is 9.52. The number of amides is 1. The highest BCUT2D eigenvalue weighted by Crippen LogP contribution is 2.24. The van der Waals surface area contributed by atoms with Gasteiger partial charge in [0.1, 0.15) is 5.82 Å². The van der Waals surface area contributed by atoms with Crippen molar-refractivity contribution < 1.29 is 13.6 Å². The molecule has 0 radical (unpaired) electrons. The van der Waals surface area contributed by atoms with E-state index in [0.29, 0.717) is 18.8 Å². The summed E-state index contributed by atoms with van der Waals surface area (Å²) in [5, 5.41) is 3.24. The molecule has 1 unspecified atom stereocenters. The van der Waals surface area contributed by atoms with Crippen molar-refractivity contribution >= 4 is 5.91 Å². The van der Waals surface area contributed by atoms with E-state index in [1.165, 1.54) is 18.4 Å². The van der Waals surface area contributed by atoms with Gasteiger partial charge in [-0.3, -0.25) is 4.79 Å². The second kappa shape index (κ2) is 5.46. The number of carbonyl (C=O) groups is 1. The van der Waals surface area contributed by atoms with E-state index in [1.807, 2.05) is 6.07 Å². The molecule has 1 aliphatic rings. The van der Waals surface area contributed by atoms with Crippen LogP contribution in [0.4, 0.5) is 4.39 Å². The average Bonchev–Trinajstić information content (AvgIpc) is 3.01. The van der Waals surface area contributed by atoms with Gasteiger partial charge < -0.3 is 14.6 Å². The van der Waals surface area contributed by atoms with Crippen LogP contribution in [-0.4, -0.2) is 30.4 Å². The molecule has 20 heavy (non-hydrogen) atoms. The van der Waals surface area contributed by atoms with Crippen LogP contribution >= 0.6 is 0 Å². The van der Waals surface area contributed by atoms with E-state index in [-0.39, 0.29) is 17.8 Å². The zero-order chi connectivity index (χ0) is 13.9. The van der Waals surface area contributed by atoms with Crippen molar-refractivity contribution in [2.75, 3.05) is 19.6 Å². The van der Waals surface area contributed by atoms with E-state index in [1.54, 1.807) is 23.1 Å². The molecule has 0 spiro atoms. The Bertz CT molecular complexity index is 598. The molecule has 1 fully saturated rings. The monoisotopic (exact) mass is 274 g/mol. The number of carbonyl (C=O) groups excluding carboxylic acids is 1. The average molecular weight is 274 g/mol. The first-order valence-electron chi connectivity index (χ1n) is 6.56. The van der Waals surface area contributed by atoms with Gasteiger partial charge in [-0.15, -0.1) is 0 Å². The van der Waals surface area contributed by atoms with Gasteiger partial charge >= 0.3 is 0 Å². The van der Waals surface area contributed by atoms with Gasteiger partial charge in [0.25, 0.3) is 5.91 Å². The predicted octanol–water partition coefficient (Wildman–Crippen LogP) is 2.21. The number of piperazine rings is 1. The normalized spacial score (nSPS) is 19.1. The molecule has 5 heteroatoms. The summed E-state index contributed by atoms with van der Waals surface area (Å²) in [5.41, 5.74) is 0.789. The van der Waals surface area contributed by atoms with Crippen LogP contribution in [0.5, 0.6) is 0 Å². The van der Waals surface area contributed by atoms with Crippen molar-refractivity contribution in [3.8, 4) is 0 Å². The molecule has 1 saturated heterocycles. The smallest absolute Gasteiger partial charge is 0.290 e. The number of rotatable bonds is 2. The van der Waals surface area contributed by atoms with Gasteiger partial charge in [0.05, 0.1) is 12.3 Å². The molecule has 2 heterocycles. The minimum atomic E-state index is -0.293. The molecule has 1 N–H and O–H groups in total. The lowest BCUT2D eigenvalue weighted by atomic mass is 10.0. The number of hydrogen-bond donors (Lipinski definition) is 1. The minimum Gasteiger partial charge on any atom is -0.459 e. The van der Waals surface area contributed by atoms with E-state index in [2.05, 4.69) is 5.32 Å². The number of nitrogens with one attached hydrogen (secondary N) is 1. The highest BCUT2D eigenvalue weighted by molar-refractivity contribution is 5.91. The van der Waals surface area contributed by atoms with Crippen LogP contribution in [0.1, 0.15) is 22.2 Å². The van der Waals surface area contributed by atoms with Crippen LogP contribution in [0.15, 0.2) is 47.1 Å². The maximum atomic E-state index is 13.4. The summed E-state index contributed by atoms with van der Waals surface area (Å²) in [5.74, 6) is -0.141. The minimum absolute atomic E-state index is 0.161. The summed E-state index contributed by atoms with van der Waals surface area (Å²) < 4.78 is 18.6. The molecule has 2 aromatic rings. The molecule has 1 aliphatic heterocycles. The molecule has 1 atom stereocenters. The van der Waals surface area contributed by atoms with Gasteiger partial charge in [-0.25, -0.2) is 4.39 Å². The molecule has 1 aromatic carbocycles. The Hall–Kier alpha value is -2.14. The van der Waals surface area contributed by atoms with Crippen LogP contribution in [0, 0.1) is 5.82 Å². The molecular formula is C15H15FN2O2. The van der Waals surface area contributed by atoms with Crippen LogP contribution in [0.2, 0.25) is 0 Å². The maximum Gasteiger partial charge on any atom is 0.290 e. The first-order valence-corrected chi connectivity index (χ1v) is 6.56. The molecule has 1 aromatic heterocycles. The Balaban J connectivity index is 1.89. The Morgan fingerprint density at radius 3 is 3.00 bits per heavy atom. The van der Waals surface area contributed by atoms with Crippen LogP contribution in [0.25, 0.3) is 0 Å². The van der Waals surface area contributed by atoms with Gasteiger partial charge in [0.15, 0.2) is 5.76 Å². The predicted molar refractivity (Wildman–Crippen MR) is 71.8 cm³/mol. The van der Waals surface area contributed by atoms with Gasteiger partial charge in [-0.2, -0.15) is 0 Å². The van der Waals surface area contributed by atoms with Crippen molar-refractivity contribution in [2.24, 2.45) is 0 Å². The van der Waals surface area contributed by atoms with E-state index < -0.39 is 0 Å². The molecule has 3 rings (SSSR count). The second-order valence-electron chi connectivity index (χ2n) is 4.75. The lowest BCUT2D eigenvalue weighted by molar-refractivity contribution is 0.0601. The fraction of sp³-hybridized carbons (Fsp3) is 0.267. The number of halogens is 1. The lowest BCUT2D eigenvalue weighted by Crippen LogP contribution is -2.48. The summed E-state index contributed by atoms with van der Waals surface area (Å²) in [6.45, 7) is 1.90. The summed E-state index contributed by atoms with van der Waals surface area (Å²) in [4.78, 5) is 14.2. The second-order valence-corrected chi connectivity index (χ2v) is 4.75. The third-order valence-corrected chi connectivity index (χ3v) is 3.47. The standard InChI is InChI=1S/C15H15FN2O2/c16-12-4-1-3-11(9-12)13-10-17-6-7-18(13)15(19)14-5-2-8-20-14/h1-5,8-9,13,17H,6-7,10H2. The van der Waals surface area contributed by atoms with Crippen LogP contribution in [-0.2, 0) is 0 Å². The van der Waals surface area contributed by atoms with Crippen molar-refractivity contribution in [3.05, 3.63) is 59.8 Å². The molecule has 4 nitrogen and oxygen atoms in total. The molecule has 1 amide bonds. The third kappa shape index (κ3) is 2.44. The number of benzene rings is 1. The highest BCUT2D eigenvalue weighted by atomic mass is 19.1. The fourth-order valence-electron chi connectivity index (χ4n) is 2.50. The van der Waals surface area contributed by atoms with Crippen LogP contribution in [0.3, 0.4) is 0 Å². The van der Waals surface area contributed by atoms with Gasteiger partial charge in [0, 0.05) is 19.6 Å². The quantitative estimate of drug-likeness (QED) is 0.913. The molecule has 0 bridgehead atoms. The van der Waals surface area contributed by atoms with E-state index in [9.17, 15) is 9.18 Å². The van der Waals surface area contributed by atoms with E-state index >= 15 is 0 Å². The molecule has 104 valence electrons. The number of hydrogen-bond acceptors (Lipinski definition) is 3. The first-order chi connectivity index (χ1) is 9.75. The SMILES string of the molecule is O=C(c1ccco1)N1CCNCC1c1cccc(F)c1. The van der Waals surface area contributed by atoms with Gasteiger partial charge in [0.2, 0.25) is 0 Å². The van der Waals surface area contributed by atoms with Crippen molar-refractivity contribution in [1.29, 1.82) is 0 Å². The maximum absolute atomic E-state index is 13.4. The van der Waals surface area contributed by atoms with E-state index in [4.69, 9.17) is 4.42 Å². The Morgan fingerprint density at radius 1 is 1.35 bits per heavy atom. The van der Waals surface area contributed by atoms with E-state index in [0.717, 1.165) is 12.1 Å². The topological polar surface area (TPSA) is 45.5 Å². The summed E-state index contributed by atoms with van der Waals surface area (Å²) in [7, 11) is 0. The summed E-state index contributed by atoms with van der Waals surface area (Å²) in [6.07, 6.45) is 1.48. The molecular weight excluding hydrogens is 259 g/mol. The zero-order valence-electron chi connectivity index (χ0n) is 10.9. The third-order valence-electron chi connectivity index (χ3n) is 3.47. The largest absolute Gasteiger partial charge is 0.459 e. The number of furan rings is 1. The van der Waals surface area contributed by atoms with Crippen molar-refractivity contribution in [1.82, 2.24) is 10.2 Å². The molecule has 0 saturated carbocycles.